The van der Waals surface area contributed by atoms with Crippen molar-refractivity contribution in [3.8, 4) is 0 Å². The van der Waals surface area contributed by atoms with Crippen molar-refractivity contribution in [2.75, 3.05) is 0 Å². The van der Waals surface area contributed by atoms with Gasteiger partial charge in [0.2, 0.25) is 0 Å². The van der Waals surface area contributed by atoms with Crippen molar-refractivity contribution in [1.82, 2.24) is 0 Å². The van der Waals surface area contributed by atoms with Crippen molar-refractivity contribution in [1.29, 1.82) is 0 Å². The van der Waals surface area contributed by atoms with Gasteiger partial charge in [-0.15, -0.1) is 0 Å². The van der Waals surface area contributed by atoms with Crippen molar-refractivity contribution >= 4 is 21.9 Å². The average Bonchev–Trinajstić information content (AvgIpc) is 3.14. The fourth-order valence-corrected chi connectivity index (χ4v) is 4.34. The number of furan rings is 1. The van der Waals surface area contributed by atoms with Crippen LogP contribution in [0.25, 0.3) is 21.9 Å². The molecule has 4 rings (SSSR count). The number of rotatable bonds is 7. The van der Waals surface area contributed by atoms with Gasteiger partial charge in [0.25, 0.3) is 0 Å². The number of hydrogen-bond donors (Lipinski definition) is 0. The summed E-state index contributed by atoms with van der Waals surface area (Å²) in [7, 11) is 0. The fraction of sp³-hybridized carbons (Fsp3) is 0.440. The lowest BCUT2D eigenvalue weighted by Crippen LogP contribution is -2.10. The molecule has 0 bridgehead atoms. The Morgan fingerprint density at radius 2 is 1.55 bits per heavy atom. The van der Waals surface area contributed by atoms with Gasteiger partial charge in [-0.25, -0.2) is 17.6 Å². The summed E-state index contributed by atoms with van der Waals surface area (Å²) < 4.78 is 70.5. The highest BCUT2D eigenvalue weighted by Gasteiger charge is 2.28. The van der Waals surface area contributed by atoms with Crippen molar-refractivity contribution < 1.29 is 26.7 Å². The van der Waals surface area contributed by atoms with Gasteiger partial charge in [-0.3, -0.25) is 0 Å². The van der Waals surface area contributed by atoms with Crippen LogP contribution in [-0.4, -0.2) is 0 Å². The number of benzene rings is 2. The first kappa shape index (κ1) is 21.7. The minimum atomic E-state index is -1.24. The molecule has 1 unspecified atom stereocenters. The minimum absolute atomic E-state index is 0.00969. The zero-order valence-corrected chi connectivity index (χ0v) is 17.8. The quantitative estimate of drug-likeness (QED) is 0.275. The van der Waals surface area contributed by atoms with E-state index in [4.69, 9.17) is 9.15 Å². The van der Waals surface area contributed by atoms with E-state index < -0.39 is 29.4 Å². The molecule has 0 fully saturated rings. The lowest BCUT2D eigenvalue weighted by atomic mass is 9.95. The van der Waals surface area contributed by atoms with Crippen LogP contribution in [0.2, 0.25) is 0 Å². The molecule has 1 aliphatic rings. The molecule has 0 amide bonds. The van der Waals surface area contributed by atoms with Crippen LogP contribution >= 0.6 is 0 Å². The molecule has 0 spiro atoms. The van der Waals surface area contributed by atoms with Crippen molar-refractivity contribution in [2.45, 2.75) is 71.3 Å². The van der Waals surface area contributed by atoms with Gasteiger partial charge in [-0.05, 0) is 55.4 Å². The predicted octanol–water partition coefficient (Wildman–Crippen LogP) is 8.41. The van der Waals surface area contributed by atoms with Crippen molar-refractivity contribution in [3.63, 3.8) is 0 Å². The van der Waals surface area contributed by atoms with Gasteiger partial charge in [-0.1, -0.05) is 33.1 Å². The maximum Gasteiger partial charge on any atom is 0.171 e. The second-order valence-electron chi connectivity index (χ2n) is 8.25. The molecule has 0 radical (unpaired) electrons. The molecule has 2 nitrogen and oxygen atoms in total. The van der Waals surface area contributed by atoms with Crippen molar-refractivity contribution in [3.05, 3.63) is 58.4 Å². The van der Waals surface area contributed by atoms with Crippen LogP contribution in [0.4, 0.5) is 17.6 Å². The Hall–Kier alpha value is -2.50. The summed E-state index contributed by atoms with van der Waals surface area (Å²) in [4.78, 5) is 0. The predicted molar refractivity (Wildman–Crippen MR) is 113 cm³/mol. The lowest BCUT2D eigenvalue weighted by molar-refractivity contribution is 0.115. The van der Waals surface area contributed by atoms with E-state index in [-0.39, 0.29) is 33.1 Å². The van der Waals surface area contributed by atoms with Gasteiger partial charge in [-0.2, -0.15) is 0 Å². The van der Waals surface area contributed by atoms with Crippen LogP contribution in [0.15, 0.2) is 28.4 Å². The lowest BCUT2D eigenvalue weighted by Gasteiger charge is -2.24. The molecule has 0 saturated heterocycles. The standard InChI is InChI=1S/C25H26F4O2/c1-3-5-6-8-14-9-10-17(30-13-14)16-12-19-21(25(29)23(16)27)20-18(31-19)11-15(7-4-2)22(26)24(20)28/h11-13,17H,3-10H2,1-2H3. The Morgan fingerprint density at radius 3 is 2.19 bits per heavy atom. The van der Waals surface area contributed by atoms with Crippen LogP contribution in [0.5, 0.6) is 0 Å². The Labute approximate surface area is 178 Å². The summed E-state index contributed by atoms with van der Waals surface area (Å²) in [6, 6.07) is 2.72. The van der Waals surface area contributed by atoms with Crippen LogP contribution < -0.4 is 0 Å². The van der Waals surface area contributed by atoms with Gasteiger partial charge in [0.1, 0.15) is 17.3 Å². The SMILES string of the molecule is CCCCCC1=COC(c2cc3oc4cc(CCC)c(F)c(F)c4c3c(F)c2F)CC1. The third-order valence-electron chi connectivity index (χ3n) is 6.01. The second kappa shape index (κ2) is 8.93. The smallest absolute Gasteiger partial charge is 0.171 e. The first-order valence-electron chi connectivity index (χ1n) is 11.0. The number of unbranched alkanes of at least 4 members (excludes halogenated alkanes) is 2. The number of aryl methyl sites for hydroxylation is 1. The highest BCUT2D eigenvalue weighted by Crippen LogP contribution is 2.40. The number of fused-ring (bicyclic) bond motifs is 3. The summed E-state index contributed by atoms with van der Waals surface area (Å²) in [6.07, 6.45) is 7.47. The van der Waals surface area contributed by atoms with E-state index in [0.29, 0.717) is 19.3 Å². The summed E-state index contributed by atoms with van der Waals surface area (Å²) in [5.41, 5.74) is 1.34. The Balaban J connectivity index is 1.73. The molecule has 1 aliphatic heterocycles. The molecular weight excluding hydrogens is 408 g/mol. The van der Waals surface area contributed by atoms with E-state index in [0.717, 1.165) is 37.7 Å². The van der Waals surface area contributed by atoms with Gasteiger partial charge in [0, 0.05) is 5.56 Å². The summed E-state index contributed by atoms with van der Waals surface area (Å²) in [5, 5.41) is -0.736. The van der Waals surface area contributed by atoms with E-state index in [1.807, 2.05) is 6.92 Å². The molecule has 0 saturated carbocycles. The van der Waals surface area contributed by atoms with Crippen LogP contribution in [-0.2, 0) is 11.2 Å². The van der Waals surface area contributed by atoms with E-state index in [2.05, 4.69) is 6.92 Å². The third kappa shape index (κ3) is 3.92. The minimum Gasteiger partial charge on any atom is -0.493 e. The zero-order valence-electron chi connectivity index (χ0n) is 17.8. The van der Waals surface area contributed by atoms with Gasteiger partial charge in [0.15, 0.2) is 23.3 Å². The van der Waals surface area contributed by atoms with E-state index in [1.165, 1.54) is 12.1 Å². The monoisotopic (exact) mass is 434 g/mol. The molecular formula is C25H26F4O2. The van der Waals surface area contributed by atoms with Crippen LogP contribution in [0, 0.1) is 23.3 Å². The normalized spacial score (nSPS) is 16.7. The van der Waals surface area contributed by atoms with Gasteiger partial charge < -0.3 is 9.15 Å². The summed E-state index contributed by atoms with van der Waals surface area (Å²) in [5.74, 6) is -4.61. The Kier molecular flexibility index (Phi) is 6.26. The zero-order chi connectivity index (χ0) is 22.1. The molecule has 6 heteroatoms. The van der Waals surface area contributed by atoms with Crippen LogP contribution in [0.3, 0.4) is 0 Å². The molecule has 0 aliphatic carbocycles. The molecule has 1 aromatic heterocycles. The number of ether oxygens (including phenoxy) is 1. The first-order chi connectivity index (χ1) is 15.0. The molecule has 2 heterocycles. The largest absolute Gasteiger partial charge is 0.493 e. The Bertz CT molecular complexity index is 1150. The van der Waals surface area contributed by atoms with Gasteiger partial charge in [0.05, 0.1) is 17.0 Å². The number of allylic oxidation sites excluding steroid dienone is 1. The molecule has 1 atom stereocenters. The summed E-state index contributed by atoms with van der Waals surface area (Å²) in [6.45, 7) is 3.98. The highest BCUT2D eigenvalue weighted by atomic mass is 19.2. The average molecular weight is 434 g/mol. The van der Waals surface area contributed by atoms with E-state index in [1.54, 1.807) is 6.26 Å². The van der Waals surface area contributed by atoms with Crippen LogP contribution in [0.1, 0.15) is 76.0 Å². The third-order valence-corrected chi connectivity index (χ3v) is 6.01. The maximum atomic E-state index is 15.0. The van der Waals surface area contributed by atoms with Crippen molar-refractivity contribution in [2.24, 2.45) is 0 Å². The van der Waals surface area contributed by atoms with E-state index in [9.17, 15) is 13.2 Å². The first-order valence-corrected chi connectivity index (χ1v) is 11.0. The highest BCUT2D eigenvalue weighted by molar-refractivity contribution is 6.06. The molecule has 0 N–H and O–H groups in total. The number of halogens is 4. The number of hydrogen-bond acceptors (Lipinski definition) is 2. The molecule has 2 aromatic carbocycles. The molecule has 3 aromatic rings. The van der Waals surface area contributed by atoms with Gasteiger partial charge >= 0.3 is 0 Å². The topological polar surface area (TPSA) is 22.4 Å². The van der Waals surface area contributed by atoms with E-state index >= 15 is 4.39 Å². The summed E-state index contributed by atoms with van der Waals surface area (Å²) >= 11 is 0. The fourth-order valence-electron chi connectivity index (χ4n) is 4.34. The molecule has 166 valence electrons. The Morgan fingerprint density at radius 1 is 0.839 bits per heavy atom. The maximum absolute atomic E-state index is 15.0. The molecule has 31 heavy (non-hydrogen) atoms. The second-order valence-corrected chi connectivity index (χ2v) is 8.25.